The van der Waals surface area contributed by atoms with Crippen LogP contribution < -0.4 is 5.32 Å². The van der Waals surface area contributed by atoms with Crippen molar-refractivity contribution in [2.24, 2.45) is 0 Å². The van der Waals surface area contributed by atoms with Gasteiger partial charge in [0.1, 0.15) is 12.1 Å². The van der Waals surface area contributed by atoms with Gasteiger partial charge in [-0.2, -0.15) is 18.3 Å². The maximum atomic E-state index is 12.7. The van der Waals surface area contributed by atoms with Gasteiger partial charge in [0.2, 0.25) is 0 Å². The maximum absolute atomic E-state index is 12.7. The average molecular weight is 454 g/mol. The summed E-state index contributed by atoms with van der Waals surface area (Å²) in [5.74, 6) is 0.338. The van der Waals surface area contributed by atoms with Gasteiger partial charge in [0, 0.05) is 5.69 Å². The van der Waals surface area contributed by atoms with Gasteiger partial charge in [-0.25, -0.2) is 23.1 Å². The summed E-state index contributed by atoms with van der Waals surface area (Å²) in [4.78, 5) is 7.51. The summed E-state index contributed by atoms with van der Waals surface area (Å²) in [7, 11) is -5.41. The number of aromatic nitrogens is 4. The highest BCUT2D eigenvalue weighted by Gasteiger charge is 2.46. The minimum absolute atomic E-state index is 0.335. The van der Waals surface area contributed by atoms with Gasteiger partial charge in [-0.1, -0.05) is 23.7 Å². The Balaban J connectivity index is 1.68. The van der Waals surface area contributed by atoms with Gasteiger partial charge >= 0.3 is 5.51 Å². The van der Waals surface area contributed by atoms with Crippen molar-refractivity contribution in [1.82, 2.24) is 19.7 Å². The highest BCUT2D eigenvalue weighted by Crippen LogP contribution is 2.32. The molecule has 0 radical (unpaired) electrons. The van der Waals surface area contributed by atoms with Gasteiger partial charge in [-0.05, 0) is 36.4 Å². The van der Waals surface area contributed by atoms with Crippen molar-refractivity contribution >= 4 is 44.0 Å². The molecule has 4 aromatic rings. The zero-order valence-corrected chi connectivity index (χ0v) is 16.4. The molecule has 0 atom stereocenters. The van der Waals surface area contributed by atoms with Gasteiger partial charge in [-0.3, -0.25) is 0 Å². The minimum atomic E-state index is -5.41. The topological polar surface area (TPSA) is 89.8 Å². The summed E-state index contributed by atoms with van der Waals surface area (Å²) in [5.41, 5.74) is -3.97. The number of alkyl halides is 3. The number of nitrogens with zero attached hydrogens (tertiary/aromatic N) is 4. The molecule has 0 unspecified atom stereocenters. The Labute approximate surface area is 173 Å². The number of para-hydroxylation sites is 1. The number of hydrogen-bond acceptors (Lipinski definition) is 6. The molecule has 0 aliphatic carbocycles. The largest absolute Gasteiger partial charge is 0.501 e. The van der Waals surface area contributed by atoms with E-state index in [0.29, 0.717) is 33.2 Å². The molecule has 0 saturated heterocycles. The predicted octanol–water partition coefficient (Wildman–Crippen LogP) is 4.51. The van der Waals surface area contributed by atoms with Gasteiger partial charge in [-0.15, -0.1) is 0 Å². The number of rotatable bonds is 4. The molecule has 1 N–H and O–H groups in total. The maximum Gasteiger partial charge on any atom is 0.501 e. The van der Waals surface area contributed by atoms with Crippen LogP contribution in [0, 0.1) is 0 Å². The molecule has 2 aromatic heterocycles. The molecule has 0 saturated carbocycles. The van der Waals surface area contributed by atoms with Gasteiger partial charge in [0.05, 0.1) is 27.2 Å². The van der Waals surface area contributed by atoms with Crippen molar-refractivity contribution < 1.29 is 21.6 Å². The molecule has 0 aliphatic rings. The molecule has 0 bridgehead atoms. The fourth-order valence-corrected chi connectivity index (χ4v) is 3.71. The first kappa shape index (κ1) is 20.1. The van der Waals surface area contributed by atoms with E-state index in [-0.39, 0.29) is 0 Å². The number of fused-ring (bicyclic) bond motifs is 1. The Morgan fingerprint density at radius 2 is 1.70 bits per heavy atom. The third kappa shape index (κ3) is 3.46. The standard InChI is InChI=1S/C18H11ClF3N5O2S/c19-14-3-1-2-4-15(14)27-17-13(9-25-27)16(23-10-24-17)26-11-5-7-12(8-6-11)30(28,29)18(20,21)22/h1-10H,(H,23,24,26). The first-order chi connectivity index (χ1) is 14.2. The van der Waals surface area contributed by atoms with Gasteiger partial charge in [0.25, 0.3) is 9.84 Å². The van der Waals surface area contributed by atoms with E-state index in [1.54, 1.807) is 24.3 Å². The van der Waals surface area contributed by atoms with E-state index >= 15 is 0 Å². The van der Waals surface area contributed by atoms with Crippen LogP contribution in [0.3, 0.4) is 0 Å². The summed E-state index contributed by atoms with van der Waals surface area (Å²) >= 11 is 6.22. The molecule has 2 aromatic carbocycles. The number of sulfone groups is 1. The van der Waals surface area contributed by atoms with E-state index in [1.807, 2.05) is 0 Å². The van der Waals surface area contributed by atoms with Crippen LogP contribution in [-0.4, -0.2) is 33.7 Å². The van der Waals surface area contributed by atoms with E-state index in [1.165, 1.54) is 29.3 Å². The molecular formula is C18H11ClF3N5O2S. The second-order valence-electron chi connectivity index (χ2n) is 6.07. The van der Waals surface area contributed by atoms with Crippen LogP contribution in [0.1, 0.15) is 0 Å². The van der Waals surface area contributed by atoms with E-state index in [2.05, 4.69) is 20.4 Å². The van der Waals surface area contributed by atoms with Crippen molar-refractivity contribution in [2.75, 3.05) is 5.32 Å². The van der Waals surface area contributed by atoms with Crippen molar-refractivity contribution in [3.05, 3.63) is 66.1 Å². The minimum Gasteiger partial charge on any atom is -0.340 e. The summed E-state index contributed by atoms with van der Waals surface area (Å²) in [6, 6.07) is 11.2. The van der Waals surface area contributed by atoms with Gasteiger partial charge in [0.15, 0.2) is 5.65 Å². The molecule has 0 aliphatic heterocycles. The van der Waals surface area contributed by atoms with Crippen LogP contribution in [0.15, 0.2) is 66.0 Å². The molecule has 30 heavy (non-hydrogen) atoms. The fraction of sp³-hybridized carbons (Fsp3) is 0.0556. The highest BCUT2D eigenvalue weighted by molar-refractivity contribution is 7.92. The first-order valence-electron chi connectivity index (χ1n) is 8.30. The van der Waals surface area contributed by atoms with E-state index < -0.39 is 20.2 Å². The molecule has 2 heterocycles. The zero-order valence-electron chi connectivity index (χ0n) is 14.8. The number of halogens is 4. The van der Waals surface area contributed by atoms with Crippen molar-refractivity contribution in [3.63, 3.8) is 0 Å². The second kappa shape index (κ2) is 7.26. The Morgan fingerprint density at radius 3 is 2.37 bits per heavy atom. The number of nitrogens with one attached hydrogen (secondary N) is 1. The molecule has 4 rings (SSSR count). The molecular weight excluding hydrogens is 443 g/mol. The molecule has 154 valence electrons. The van der Waals surface area contributed by atoms with Gasteiger partial charge < -0.3 is 5.32 Å². The Bertz CT molecular complexity index is 1340. The van der Waals surface area contributed by atoms with Crippen molar-refractivity contribution in [3.8, 4) is 5.69 Å². The number of hydrogen-bond donors (Lipinski definition) is 1. The van der Waals surface area contributed by atoms with Crippen LogP contribution in [0.25, 0.3) is 16.7 Å². The van der Waals surface area contributed by atoms with E-state index in [9.17, 15) is 21.6 Å². The molecule has 7 nitrogen and oxygen atoms in total. The van der Waals surface area contributed by atoms with Crippen LogP contribution >= 0.6 is 11.6 Å². The zero-order chi connectivity index (χ0) is 21.5. The predicted molar refractivity (Wildman–Crippen MR) is 105 cm³/mol. The van der Waals surface area contributed by atoms with Crippen LogP contribution in [0.4, 0.5) is 24.7 Å². The fourth-order valence-electron chi connectivity index (χ4n) is 2.73. The molecule has 12 heteroatoms. The second-order valence-corrected chi connectivity index (χ2v) is 8.41. The Kier molecular flexibility index (Phi) is 4.86. The SMILES string of the molecule is O=S(=O)(c1ccc(Nc2ncnc3c2cnn3-c2ccccc2Cl)cc1)C(F)(F)F. The number of anilines is 2. The lowest BCUT2D eigenvalue weighted by atomic mass is 10.3. The van der Waals surface area contributed by atoms with Crippen LogP contribution in [0.2, 0.25) is 5.02 Å². The normalized spacial score (nSPS) is 12.3. The lowest BCUT2D eigenvalue weighted by molar-refractivity contribution is -0.0436. The van der Waals surface area contributed by atoms with Crippen molar-refractivity contribution in [2.45, 2.75) is 10.4 Å². The molecule has 0 spiro atoms. The summed E-state index contributed by atoms with van der Waals surface area (Å²) in [6.45, 7) is 0. The molecule has 0 amide bonds. The summed E-state index contributed by atoms with van der Waals surface area (Å²) < 4.78 is 62.5. The smallest absolute Gasteiger partial charge is 0.340 e. The van der Waals surface area contributed by atoms with Crippen molar-refractivity contribution in [1.29, 1.82) is 0 Å². The van der Waals surface area contributed by atoms with E-state index in [0.717, 1.165) is 12.1 Å². The van der Waals surface area contributed by atoms with E-state index in [4.69, 9.17) is 11.6 Å². The molecule has 0 fully saturated rings. The first-order valence-corrected chi connectivity index (χ1v) is 10.2. The van der Waals surface area contributed by atoms with Crippen LogP contribution in [-0.2, 0) is 9.84 Å². The lowest BCUT2D eigenvalue weighted by Gasteiger charge is -2.10. The Morgan fingerprint density at radius 1 is 1.00 bits per heavy atom. The number of benzene rings is 2. The Hall–Kier alpha value is -3.18. The highest BCUT2D eigenvalue weighted by atomic mass is 35.5. The summed E-state index contributed by atoms with van der Waals surface area (Å²) in [6.07, 6.45) is 2.81. The third-order valence-corrected chi connectivity index (χ3v) is 6.00. The quantitative estimate of drug-likeness (QED) is 0.489. The average Bonchev–Trinajstić information content (AvgIpc) is 3.13. The monoisotopic (exact) mass is 453 g/mol. The lowest BCUT2D eigenvalue weighted by Crippen LogP contribution is -2.23. The summed E-state index contributed by atoms with van der Waals surface area (Å²) in [5, 5.41) is 8.22. The third-order valence-electron chi connectivity index (χ3n) is 4.18. The van der Waals surface area contributed by atoms with Crippen LogP contribution in [0.5, 0.6) is 0 Å².